The first-order valence-corrected chi connectivity index (χ1v) is 7.26. The largest absolute Gasteiger partial charge is 0.455 e. The predicted molar refractivity (Wildman–Crippen MR) is 87.0 cm³/mol. The fraction of sp³-hybridized carbons (Fsp3) is 0. The second-order valence-electron chi connectivity index (χ2n) is 5.30. The molecular weight excluding hydrogens is 294 g/mol. The SMILES string of the molecule is Fc1cc(F)c2c(-c3ccccc3)c(-c3ccccc3)oc2c1. The summed E-state index contributed by atoms with van der Waals surface area (Å²) in [6.07, 6.45) is 0. The first-order valence-electron chi connectivity index (χ1n) is 7.26. The van der Waals surface area contributed by atoms with E-state index in [0.29, 0.717) is 16.7 Å². The lowest BCUT2D eigenvalue weighted by atomic mass is 9.98. The number of hydrogen-bond donors (Lipinski definition) is 0. The van der Waals surface area contributed by atoms with E-state index in [1.54, 1.807) is 0 Å². The van der Waals surface area contributed by atoms with Gasteiger partial charge >= 0.3 is 0 Å². The predicted octanol–water partition coefficient (Wildman–Crippen LogP) is 6.05. The Bertz CT molecular complexity index is 973. The maximum absolute atomic E-state index is 14.4. The van der Waals surface area contributed by atoms with Crippen molar-refractivity contribution < 1.29 is 13.2 Å². The number of hydrogen-bond acceptors (Lipinski definition) is 1. The maximum atomic E-state index is 14.4. The molecule has 3 aromatic carbocycles. The lowest BCUT2D eigenvalue weighted by molar-refractivity contribution is 0.580. The fourth-order valence-electron chi connectivity index (χ4n) is 2.82. The Balaban J connectivity index is 2.12. The molecule has 0 amide bonds. The molecule has 1 heterocycles. The van der Waals surface area contributed by atoms with Crippen LogP contribution in [0.5, 0.6) is 0 Å². The summed E-state index contributed by atoms with van der Waals surface area (Å²) in [5, 5.41) is 0.302. The highest BCUT2D eigenvalue weighted by atomic mass is 19.1. The summed E-state index contributed by atoms with van der Waals surface area (Å²) in [4.78, 5) is 0. The van der Waals surface area contributed by atoms with Gasteiger partial charge in [0.1, 0.15) is 23.0 Å². The second-order valence-corrected chi connectivity index (χ2v) is 5.30. The van der Waals surface area contributed by atoms with Crippen LogP contribution in [0.2, 0.25) is 0 Å². The molecule has 0 unspecified atom stereocenters. The minimum Gasteiger partial charge on any atom is -0.455 e. The minimum absolute atomic E-state index is 0.209. The van der Waals surface area contributed by atoms with Gasteiger partial charge in [0.15, 0.2) is 0 Å². The van der Waals surface area contributed by atoms with E-state index in [1.807, 2.05) is 60.7 Å². The van der Waals surface area contributed by atoms with Crippen molar-refractivity contribution in [3.63, 3.8) is 0 Å². The van der Waals surface area contributed by atoms with Crippen molar-refractivity contribution in [2.75, 3.05) is 0 Å². The summed E-state index contributed by atoms with van der Waals surface area (Å²) < 4.78 is 33.8. The lowest BCUT2D eigenvalue weighted by Crippen LogP contribution is -1.84. The van der Waals surface area contributed by atoms with Gasteiger partial charge in [-0.3, -0.25) is 0 Å². The Labute approximate surface area is 131 Å². The van der Waals surface area contributed by atoms with E-state index in [-0.39, 0.29) is 5.58 Å². The molecule has 0 spiro atoms. The van der Waals surface area contributed by atoms with Crippen molar-refractivity contribution in [2.24, 2.45) is 0 Å². The molecule has 0 bridgehead atoms. The normalized spacial score (nSPS) is 11.0. The second kappa shape index (κ2) is 5.36. The third-order valence-corrected chi connectivity index (χ3v) is 3.81. The van der Waals surface area contributed by atoms with Gasteiger partial charge in [0.2, 0.25) is 0 Å². The van der Waals surface area contributed by atoms with Crippen molar-refractivity contribution in [2.45, 2.75) is 0 Å². The van der Waals surface area contributed by atoms with Gasteiger partial charge in [-0.15, -0.1) is 0 Å². The van der Waals surface area contributed by atoms with E-state index in [2.05, 4.69) is 0 Å². The van der Waals surface area contributed by atoms with Crippen molar-refractivity contribution in [3.8, 4) is 22.5 Å². The minimum atomic E-state index is -0.650. The van der Waals surface area contributed by atoms with Crippen LogP contribution in [0.15, 0.2) is 77.2 Å². The maximum Gasteiger partial charge on any atom is 0.143 e. The van der Waals surface area contributed by atoms with Crippen molar-refractivity contribution in [1.29, 1.82) is 0 Å². The molecule has 0 saturated heterocycles. The van der Waals surface area contributed by atoms with Gasteiger partial charge in [-0.2, -0.15) is 0 Å². The quantitative estimate of drug-likeness (QED) is 0.439. The molecule has 0 atom stereocenters. The van der Waals surface area contributed by atoms with Crippen LogP contribution in [0.4, 0.5) is 8.78 Å². The van der Waals surface area contributed by atoms with Crippen molar-refractivity contribution in [1.82, 2.24) is 0 Å². The van der Waals surface area contributed by atoms with Crippen LogP contribution >= 0.6 is 0 Å². The van der Waals surface area contributed by atoms with Crippen LogP contribution < -0.4 is 0 Å². The van der Waals surface area contributed by atoms with Crippen LogP contribution in [0, 0.1) is 11.6 Å². The highest BCUT2D eigenvalue weighted by molar-refractivity contribution is 6.02. The van der Waals surface area contributed by atoms with E-state index in [1.165, 1.54) is 6.07 Å². The third-order valence-electron chi connectivity index (χ3n) is 3.81. The average molecular weight is 306 g/mol. The summed E-state index contributed by atoms with van der Waals surface area (Å²) >= 11 is 0. The molecular formula is C20H12F2O. The molecule has 0 aliphatic rings. The molecule has 0 aliphatic carbocycles. The molecule has 0 saturated carbocycles. The molecule has 3 heteroatoms. The van der Waals surface area contributed by atoms with Crippen LogP contribution in [-0.4, -0.2) is 0 Å². The average Bonchev–Trinajstić information content (AvgIpc) is 2.96. The first-order chi connectivity index (χ1) is 11.2. The first kappa shape index (κ1) is 13.7. The zero-order valence-electron chi connectivity index (χ0n) is 12.1. The Morgan fingerprint density at radius 2 is 1.30 bits per heavy atom. The summed E-state index contributed by atoms with van der Waals surface area (Å²) in [6, 6.07) is 21.0. The topological polar surface area (TPSA) is 13.1 Å². The van der Waals surface area contributed by atoms with Crippen LogP contribution in [-0.2, 0) is 0 Å². The molecule has 0 radical (unpaired) electrons. The van der Waals surface area contributed by atoms with Gasteiger partial charge in [0, 0.05) is 23.3 Å². The Morgan fingerprint density at radius 1 is 0.696 bits per heavy atom. The Hall–Kier alpha value is -2.94. The van der Waals surface area contributed by atoms with Gasteiger partial charge in [0.05, 0.1) is 5.39 Å². The smallest absolute Gasteiger partial charge is 0.143 e. The summed E-state index contributed by atoms with van der Waals surface area (Å²) in [6.45, 7) is 0. The number of furan rings is 1. The summed E-state index contributed by atoms with van der Waals surface area (Å²) in [5.41, 5.74) is 2.50. The standard InChI is InChI=1S/C20H12F2O/c21-15-11-16(22)19-17(12-15)23-20(14-9-5-2-6-10-14)18(19)13-7-3-1-4-8-13/h1-12H. The fourth-order valence-corrected chi connectivity index (χ4v) is 2.82. The lowest BCUT2D eigenvalue weighted by Gasteiger charge is -2.04. The van der Waals surface area contributed by atoms with E-state index in [9.17, 15) is 8.78 Å². The molecule has 0 N–H and O–H groups in total. The number of fused-ring (bicyclic) bond motifs is 1. The van der Waals surface area contributed by atoms with Gasteiger partial charge < -0.3 is 4.42 Å². The molecule has 4 aromatic rings. The zero-order valence-corrected chi connectivity index (χ0v) is 12.1. The van der Waals surface area contributed by atoms with Crippen molar-refractivity contribution in [3.05, 3.63) is 84.4 Å². The van der Waals surface area contributed by atoms with Crippen molar-refractivity contribution >= 4 is 11.0 Å². The molecule has 112 valence electrons. The molecule has 0 aliphatic heterocycles. The number of halogens is 2. The molecule has 4 rings (SSSR count). The molecule has 1 nitrogen and oxygen atoms in total. The van der Waals surface area contributed by atoms with E-state index < -0.39 is 11.6 Å². The Kier molecular flexibility index (Phi) is 3.19. The Morgan fingerprint density at radius 3 is 1.96 bits per heavy atom. The third kappa shape index (κ3) is 2.30. The number of rotatable bonds is 2. The van der Waals surface area contributed by atoms with Crippen LogP contribution in [0.3, 0.4) is 0 Å². The number of benzene rings is 3. The van der Waals surface area contributed by atoms with Crippen LogP contribution in [0.1, 0.15) is 0 Å². The molecule has 23 heavy (non-hydrogen) atoms. The van der Waals surface area contributed by atoms with Gasteiger partial charge in [0.25, 0.3) is 0 Å². The van der Waals surface area contributed by atoms with E-state index in [4.69, 9.17) is 4.42 Å². The van der Waals surface area contributed by atoms with Gasteiger partial charge in [-0.05, 0) is 5.56 Å². The molecule has 1 aromatic heterocycles. The molecule has 0 fully saturated rings. The van der Waals surface area contributed by atoms with Gasteiger partial charge in [-0.1, -0.05) is 60.7 Å². The van der Waals surface area contributed by atoms with E-state index in [0.717, 1.165) is 17.2 Å². The summed E-state index contributed by atoms with van der Waals surface area (Å²) in [7, 11) is 0. The van der Waals surface area contributed by atoms with Gasteiger partial charge in [-0.25, -0.2) is 8.78 Å². The zero-order chi connectivity index (χ0) is 15.8. The highest BCUT2D eigenvalue weighted by Crippen LogP contribution is 2.41. The van der Waals surface area contributed by atoms with Crippen LogP contribution in [0.25, 0.3) is 33.4 Å². The summed E-state index contributed by atoms with van der Waals surface area (Å²) in [5.74, 6) is -0.732. The highest BCUT2D eigenvalue weighted by Gasteiger charge is 2.21. The monoisotopic (exact) mass is 306 g/mol. The van der Waals surface area contributed by atoms with E-state index >= 15 is 0 Å².